The molecule has 9 nitrogen and oxygen atoms in total. The second kappa shape index (κ2) is 10.2. The Balaban J connectivity index is 2.08. The van der Waals surface area contributed by atoms with E-state index >= 15 is 0 Å². The number of benzene rings is 1. The smallest absolute Gasteiger partial charge is 0.252 e. The van der Waals surface area contributed by atoms with Gasteiger partial charge in [0.1, 0.15) is 24.4 Å². The number of hydrogen-bond donors (Lipinski definition) is 5. The second-order valence-corrected chi connectivity index (χ2v) is 8.80. The van der Waals surface area contributed by atoms with Gasteiger partial charge in [-0.05, 0) is 17.5 Å². The number of ether oxygens (including phenoxy) is 1. The van der Waals surface area contributed by atoms with Crippen LogP contribution in [0.4, 0.5) is 11.4 Å². The van der Waals surface area contributed by atoms with Crippen LogP contribution in [-0.2, 0) is 14.3 Å². The first-order valence-electron chi connectivity index (χ1n) is 10.1. The van der Waals surface area contributed by atoms with Gasteiger partial charge in [-0.3, -0.25) is 9.59 Å². The molecule has 1 aromatic rings. The minimum Gasteiger partial charge on any atom is -0.387 e. The third kappa shape index (κ3) is 6.51. The zero-order valence-electron chi connectivity index (χ0n) is 18.6. The molecule has 2 amide bonds. The van der Waals surface area contributed by atoms with Crippen molar-refractivity contribution in [2.75, 3.05) is 30.9 Å². The zero-order chi connectivity index (χ0) is 23.3. The summed E-state index contributed by atoms with van der Waals surface area (Å²) in [6.45, 7) is 5.94. The van der Waals surface area contributed by atoms with Crippen LogP contribution in [-0.4, -0.2) is 78.3 Å². The van der Waals surface area contributed by atoms with Crippen LogP contribution in [0.25, 0.3) is 0 Å². The van der Waals surface area contributed by atoms with Crippen molar-refractivity contribution in [2.24, 2.45) is 5.41 Å². The molecule has 0 saturated carbocycles. The predicted octanol–water partition coefficient (Wildman–Crippen LogP) is 0.260. The van der Waals surface area contributed by atoms with Crippen molar-refractivity contribution < 1.29 is 29.6 Å². The number of rotatable bonds is 7. The van der Waals surface area contributed by atoms with Gasteiger partial charge in [0.25, 0.3) is 5.91 Å². The minimum atomic E-state index is -1.71. The molecule has 1 aromatic carbocycles. The Morgan fingerprint density at radius 3 is 2.52 bits per heavy atom. The highest BCUT2D eigenvalue weighted by atomic mass is 16.5. The fraction of sp³-hybridized carbons (Fsp3) is 0.545. The van der Waals surface area contributed by atoms with Crippen LogP contribution in [0.5, 0.6) is 0 Å². The highest BCUT2D eigenvalue weighted by Crippen LogP contribution is 2.27. The molecule has 0 aliphatic carbocycles. The largest absolute Gasteiger partial charge is 0.387 e. The molecule has 9 heteroatoms. The van der Waals surface area contributed by atoms with Gasteiger partial charge in [-0.2, -0.15) is 0 Å². The van der Waals surface area contributed by atoms with Crippen LogP contribution in [0.3, 0.4) is 0 Å². The Bertz CT molecular complexity index is 807. The van der Waals surface area contributed by atoms with E-state index in [2.05, 4.69) is 10.6 Å². The third-order valence-corrected chi connectivity index (χ3v) is 4.98. The molecular weight excluding hydrogens is 402 g/mol. The molecular formula is C22H33N3O6. The topological polar surface area (TPSA) is 131 Å². The lowest BCUT2D eigenvalue weighted by atomic mass is 9.94. The molecule has 172 valence electrons. The highest BCUT2D eigenvalue weighted by molar-refractivity contribution is 6.01. The predicted molar refractivity (Wildman–Crippen MR) is 118 cm³/mol. The third-order valence-electron chi connectivity index (χ3n) is 4.98. The molecule has 0 spiro atoms. The summed E-state index contributed by atoms with van der Waals surface area (Å²) >= 11 is 0. The first kappa shape index (κ1) is 24.8. The lowest BCUT2D eigenvalue weighted by Gasteiger charge is -2.29. The van der Waals surface area contributed by atoms with Crippen LogP contribution in [0.1, 0.15) is 20.8 Å². The van der Waals surface area contributed by atoms with E-state index in [9.17, 15) is 24.9 Å². The Morgan fingerprint density at radius 1 is 1.26 bits per heavy atom. The van der Waals surface area contributed by atoms with Gasteiger partial charge in [-0.15, -0.1) is 0 Å². The van der Waals surface area contributed by atoms with Gasteiger partial charge in [0.15, 0.2) is 6.10 Å². The van der Waals surface area contributed by atoms with Crippen molar-refractivity contribution in [3.05, 3.63) is 36.4 Å². The molecule has 31 heavy (non-hydrogen) atoms. The fourth-order valence-corrected chi connectivity index (χ4v) is 3.24. The van der Waals surface area contributed by atoms with Crippen molar-refractivity contribution in [1.29, 1.82) is 0 Å². The summed E-state index contributed by atoms with van der Waals surface area (Å²) in [5.74, 6) is -1.19. The number of amides is 2. The summed E-state index contributed by atoms with van der Waals surface area (Å²) < 4.78 is 5.08. The molecule has 5 atom stereocenters. The molecule has 0 saturated heterocycles. The molecule has 1 heterocycles. The summed E-state index contributed by atoms with van der Waals surface area (Å²) in [5.41, 5.74) is 1.19. The maximum Gasteiger partial charge on any atom is 0.252 e. The van der Waals surface area contributed by atoms with E-state index in [0.29, 0.717) is 5.69 Å². The lowest BCUT2D eigenvalue weighted by molar-refractivity contribution is -0.150. The van der Waals surface area contributed by atoms with E-state index in [-0.39, 0.29) is 12.0 Å². The molecule has 1 aliphatic heterocycles. The van der Waals surface area contributed by atoms with Gasteiger partial charge < -0.3 is 35.6 Å². The van der Waals surface area contributed by atoms with E-state index < -0.39 is 42.3 Å². The number of anilines is 2. The average Bonchev–Trinajstić information content (AvgIpc) is 2.81. The van der Waals surface area contributed by atoms with E-state index in [1.807, 2.05) is 37.8 Å². The summed E-state index contributed by atoms with van der Waals surface area (Å²) in [4.78, 5) is 27.2. The van der Waals surface area contributed by atoms with Gasteiger partial charge in [0.05, 0.1) is 11.4 Å². The summed E-state index contributed by atoms with van der Waals surface area (Å²) in [6, 6.07) is 6.34. The number of nitrogens with zero attached hydrogens (tertiary/aromatic N) is 1. The maximum absolute atomic E-state index is 12.8. The lowest BCUT2D eigenvalue weighted by Crippen LogP contribution is -2.56. The number of carbonyl (C=O) groups excluding carboxylic acids is 2. The molecule has 1 aliphatic rings. The van der Waals surface area contributed by atoms with Gasteiger partial charge >= 0.3 is 0 Å². The average molecular weight is 436 g/mol. The minimum absolute atomic E-state index is 0.195. The van der Waals surface area contributed by atoms with Crippen molar-refractivity contribution >= 4 is 23.2 Å². The van der Waals surface area contributed by atoms with Crippen LogP contribution in [0.2, 0.25) is 0 Å². The Kier molecular flexibility index (Phi) is 8.19. The molecule has 5 N–H and O–H groups in total. The first-order valence-corrected chi connectivity index (χ1v) is 10.1. The van der Waals surface area contributed by atoms with Crippen LogP contribution in [0.15, 0.2) is 36.4 Å². The SMILES string of the molecule is CO[C@@H](C(=O)N[C@H]1CN(C)c2ccccc2NC1=O)[C@H](O)[C@@H](O)[C@H](O)C=CC(C)(C)C. The van der Waals surface area contributed by atoms with Gasteiger partial charge in [-0.25, -0.2) is 0 Å². The van der Waals surface area contributed by atoms with Crippen molar-refractivity contribution in [2.45, 2.75) is 51.2 Å². The molecule has 0 radical (unpaired) electrons. The van der Waals surface area contributed by atoms with Crippen molar-refractivity contribution in [3.63, 3.8) is 0 Å². The van der Waals surface area contributed by atoms with E-state index in [1.54, 1.807) is 25.3 Å². The summed E-state index contributed by atoms with van der Waals surface area (Å²) in [7, 11) is 3.00. The number of para-hydroxylation sites is 2. The number of fused-ring (bicyclic) bond motifs is 1. The standard InChI is InChI=1S/C22H33N3O6/c1-22(2,3)11-10-16(26)17(27)18(28)19(31-5)21(30)24-14-12-25(4)15-9-7-6-8-13(15)23-20(14)29/h6-11,14,16-19,26-28H,12H2,1-5H3,(H,23,29)(H,24,30)/t14-,16+,17-,18+,19+/m0/s1. The fourth-order valence-electron chi connectivity index (χ4n) is 3.24. The summed E-state index contributed by atoms with van der Waals surface area (Å²) in [6.07, 6.45) is -3.21. The van der Waals surface area contributed by atoms with E-state index in [4.69, 9.17) is 4.74 Å². The molecule has 0 unspecified atom stereocenters. The molecule has 0 bridgehead atoms. The number of hydrogen-bond acceptors (Lipinski definition) is 7. The first-order chi connectivity index (χ1) is 14.4. The number of aliphatic hydroxyl groups excluding tert-OH is 3. The highest BCUT2D eigenvalue weighted by Gasteiger charge is 2.37. The normalized spacial score (nSPS) is 21.0. The monoisotopic (exact) mass is 435 g/mol. The number of likely N-dealkylation sites (N-methyl/N-ethyl adjacent to an activating group) is 1. The molecule has 2 rings (SSSR count). The van der Waals surface area contributed by atoms with Crippen LogP contribution < -0.4 is 15.5 Å². The zero-order valence-corrected chi connectivity index (χ0v) is 18.6. The number of methoxy groups -OCH3 is 1. The van der Waals surface area contributed by atoms with E-state index in [1.165, 1.54) is 13.2 Å². The molecule has 0 aromatic heterocycles. The Morgan fingerprint density at radius 2 is 1.90 bits per heavy atom. The van der Waals surface area contributed by atoms with Crippen LogP contribution >= 0.6 is 0 Å². The quantitative estimate of drug-likeness (QED) is 0.388. The van der Waals surface area contributed by atoms with Gasteiger partial charge in [0, 0.05) is 20.7 Å². The number of carbonyl (C=O) groups is 2. The number of nitrogens with one attached hydrogen (secondary N) is 2. The van der Waals surface area contributed by atoms with Crippen molar-refractivity contribution in [3.8, 4) is 0 Å². The Hall–Kier alpha value is -2.46. The van der Waals surface area contributed by atoms with Crippen molar-refractivity contribution in [1.82, 2.24) is 5.32 Å². The Labute approximate surface area is 182 Å². The van der Waals surface area contributed by atoms with E-state index in [0.717, 1.165) is 5.69 Å². The maximum atomic E-state index is 12.8. The van der Waals surface area contributed by atoms with Gasteiger partial charge in [0.2, 0.25) is 5.91 Å². The molecule has 0 fully saturated rings. The summed E-state index contributed by atoms with van der Waals surface area (Å²) in [5, 5.41) is 36.2. The number of aliphatic hydroxyl groups is 3. The van der Waals surface area contributed by atoms with Gasteiger partial charge in [-0.1, -0.05) is 45.1 Å². The van der Waals surface area contributed by atoms with Crippen LogP contribution in [0, 0.1) is 5.41 Å². The number of allylic oxidation sites excluding steroid dienone is 1. The second-order valence-electron chi connectivity index (χ2n) is 8.80.